The molecule has 0 saturated heterocycles. The molecule has 0 radical (unpaired) electrons. The number of rotatable bonds is 5. The monoisotopic (exact) mass is 251 g/mol. The van der Waals surface area contributed by atoms with E-state index in [1.165, 1.54) is 64.3 Å². The molecule has 2 aliphatic carbocycles. The van der Waals surface area contributed by atoms with E-state index in [-0.39, 0.29) is 0 Å². The Morgan fingerprint density at radius 2 is 1.44 bits per heavy atom. The van der Waals surface area contributed by atoms with Crippen molar-refractivity contribution in [3.05, 3.63) is 0 Å². The molecule has 2 fully saturated rings. The van der Waals surface area contributed by atoms with E-state index in [2.05, 4.69) is 19.2 Å². The maximum absolute atomic E-state index is 3.68. The summed E-state index contributed by atoms with van der Waals surface area (Å²) in [5.41, 5.74) is 0. The fourth-order valence-electron chi connectivity index (χ4n) is 4.10. The van der Waals surface area contributed by atoms with Crippen molar-refractivity contribution in [2.45, 2.75) is 84.1 Å². The van der Waals surface area contributed by atoms with Gasteiger partial charge in [-0.25, -0.2) is 0 Å². The molecule has 2 atom stereocenters. The van der Waals surface area contributed by atoms with Gasteiger partial charge in [0.05, 0.1) is 0 Å². The molecule has 2 rings (SSSR count). The van der Waals surface area contributed by atoms with E-state index in [9.17, 15) is 0 Å². The quantitative estimate of drug-likeness (QED) is 0.743. The summed E-state index contributed by atoms with van der Waals surface area (Å²) in [5.74, 6) is 3.08. The van der Waals surface area contributed by atoms with Gasteiger partial charge in [-0.1, -0.05) is 65.2 Å². The normalized spacial score (nSPS) is 30.8. The first-order chi connectivity index (χ1) is 8.75. The number of hydrogen-bond donors (Lipinski definition) is 1. The Balaban J connectivity index is 1.78. The van der Waals surface area contributed by atoms with Crippen molar-refractivity contribution in [1.82, 2.24) is 5.32 Å². The second-order valence-corrected chi connectivity index (χ2v) is 7.11. The lowest BCUT2D eigenvalue weighted by atomic mass is 9.72. The van der Waals surface area contributed by atoms with Crippen LogP contribution in [0.1, 0.15) is 78.1 Å². The van der Waals surface area contributed by atoms with Gasteiger partial charge in [0, 0.05) is 6.04 Å². The van der Waals surface area contributed by atoms with Gasteiger partial charge in [0.1, 0.15) is 0 Å². The fraction of sp³-hybridized carbons (Fsp3) is 1.00. The second kappa shape index (κ2) is 7.53. The summed E-state index contributed by atoms with van der Waals surface area (Å²) >= 11 is 0. The lowest BCUT2D eigenvalue weighted by molar-refractivity contribution is 0.171. The zero-order valence-corrected chi connectivity index (χ0v) is 12.6. The largest absolute Gasteiger partial charge is 0.314 e. The average molecular weight is 251 g/mol. The Labute approximate surface area is 114 Å². The number of nitrogens with one attached hydrogen (secondary N) is 1. The lowest BCUT2D eigenvalue weighted by Crippen LogP contribution is -2.35. The highest BCUT2D eigenvalue weighted by atomic mass is 14.9. The Morgan fingerprint density at radius 3 is 2.11 bits per heavy atom. The zero-order valence-electron chi connectivity index (χ0n) is 12.6. The van der Waals surface area contributed by atoms with Crippen molar-refractivity contribution in [3.63, 3.8) is 0 Å². The average Bonchev–Trinajstić information content (AvgIpc) is 2.39. The smallest absolute Gasteiger partial charge is 0.00104 e. The third kappa shape index (κ3) is 4.57. The van der Waals surface area contributed by atoms with Crippen molar-refractivity contribution in [1.29, 1.82) is 0 Å². The van der Waals surface area contributed by atoms with Crippen LogP contribution in [0.2, 0.25) is 0 Å². The van der Waals surface area contributed by atoms with Gasteiger partial charge in [0.2, 0.25) is 0 Å². The maximum atomic E-state index is 3.68. The topological polar surface area (TPSA) is 12.0 Å². The maximum Gasteiger partial charge on any atom is 0.00104 e. The molecule has 1 N–H and O–H groups in total. The molecule has 0 aliphatic heterocycles. The summed E-state index contributed by atoms with van der Waals surface area (Å²) in [7, 11) is 0. The van der Waals surface area contributed by atoms with Gasteiger partial charge in [-0.05, 0) is 37.1 Å². The first-order valence-corrected chi connectivity index (χ1v) is 8.49. The van der Waals surface area contributed by atoms with Gasteiger partial charge in [0.15, 0.2) is 0 Å². The van der Waals surface area contributed by atoms with Gasteiger partial charge >= 0.3 is 0 Å². The van der Waals surface area contributed by atoms with E-state index in [0.717, 1.165) is 17.8 Å². The predicted octanol–water partition coefficient (Wildman–Crippen LogP) is 4.76. The van der Waals surface area contributed by atoms with Gasteiger partial charge in [-0.3, -0.25) is 0 Å². The van der Waals surface area contributed by atoms with Gasteiger partial charge < -0.3 is 5.32 Å². The van der Waals surface area contributed by atoms with Gasteiger partial charge in [-0.2, -0.15) is 0 Å². The summed E-state index contributed by atoms with van der Waals surface area (Å²) < 4.78 is 0. The molecule has 2 unspecified atom stereocenters. The Kier molecular flexibility index (Phi) is 6.01. The van der Waals surface area contributed by atoms with Crippen LogP contribution in [-0.4, -0.2) is 12.6 Å². The summed E-state index contributed by atoms with van der Waals surface area (Å²) in [6.45, 7) is 5.83. The molecule has 18 heavy (non-hydrogen) atoms. The van der Waals surface area contributed by atoms with Crippen LogP contribution in [0.5, 0.6) is 0 Å². The minimum Gasteiger partial charge on any atom is -0.314 e. The molecule has 2 saturated carbocycles. The summed E-state index contributed by atoms with van der Waals surface area (Å²) in [5, 5.41) is 3.68. The Morgan fingerprint density at radius 1 is 0.833 bits per heavy atom. The van der Waals surface area contributed by atoms with Crippen molar-refractivity contribution in [2.24, 2.45) is 17.8 Å². The van der Waals surface area contributed by atoms with Crippen LogP contribution < -0.4 is 5.32 Å². The second-order valence-electron chi connectivity index (χ2n) is 7.11. The van der Waals surface area contributed by atoms with Crippen LogP contribution >= 0.6 is 0 Å². The zero-order chi connectivity index (χ0) is 12.8. The van der Waals surface area contributed by atoms with Gasteiger partial charge in [-0.15, -0.1) is 0 Å². The van der Waals surface area contributed by atoms with Crippen LogP contribution in [0, 0.1) is 17.8 Å². The molecule has 106 valence electrons. The molecule has 0 aromatic carbocycles. The summed E-state index contributed by atoms with van der Waals surface area (Å²) in [6, 6.07) is 0.655. The lowest BCUT2D eigenvalue weighted by Gasteiger charge is -2.35. The highest BCUT2D eigenvalue weighted by Crippen LogP contribution is 2.38. The molecule has 0 bridgehead atoms. The Hall–Kier alpha value is -0.0400. The first kappa shape index (κ1) is 14.4. The standard InChI is InChI=1S/C17H33N/c1-14(2)18-13-17-11-7-6-10-16(17)12-15-8-4-3-5-9-15/h14-18H,3-13H2,1-2H3. The van der Waals surface area contributed by atoms with E-state index in [0.29, 0.717) is 6.04 Å². The summed E-state index contributed by atoms with van der Waals surface area (Å²) in [4.78, 5) is 0. The highest BCUT2D eigenvalue weighted by Gasteiger charge is 2.28. The van der Waals surface area contributed by atoms with E-state index >= 15 is 0 Å². The van der Waals surface area contributed by atoms with Crippen LogP contribution in [0.25, 0.3) is 0 Å². The van der Waals surface area contributed by atoms with E-state index in [1.54, 1.807) is 6.42 Å². The molecule has 1 nitrogen and oxygen atoms in total. The van der Waals surface area contributed by atoms with Gasteiger partial charge in [0.25, 0.3) is 0 Å². The van der Waals surface area contributed by atoms with Crippen molar-refractivity contribution in [2.75, 3.05) is 6.54 Å². The summed E-state index contributed by atoms with van der Waals surface area (Å²) in [6.07, 6.45) is 15.1. The molecule has 0 amide bonds. The molecular weight excluding hydrogens is 218 g/mol. The van der Waals surface area contributed by atoms with Crippen LogP contribution in [0.15, 0.2) is 0 Å². The minimum atomic E-state index is 0.655. The minimum absolute atomic E-state index is 0.655. The molecular formula is C17H33N. The molecule has 0 aromatic heterocycles. The number of hydrogen-bond acceptors (Lipinski definition) is 1. The van der Waals surface area contributed by atoms with Crippen LogP contribution in [-0.2, 0) is 0 Å². The van der Waals surface area contributed by atoms with Crippen LogP contribution in [0.4, 0.5) is 0 Å². The van der Waals surface area contributed by atoms with E-state index in [1.807, 2.05) is 0 Å². The highest BCUT2D eigenvalue weighted by molar-refractivity contribution is 4.80. The van der Waals surface area contributed by atoms with E-state index < -0.39 is 0 Å². The first-order valence-electron chi connectivity index (χ1n) is 8.49. The Bertz CT molecular complexity index is 218. The molecule has 0 aromatic rings. The third-order valence-electron chi connectivity index (χ3n) is 5.22. The SMILES string of the molecule is CC(C)NCC1CCCCC1CC1CCCCC1. The molecule has 1 heteroatoms. The molecule has 2 aliphatic rings. The van der Waals surface area contributed by atoms with Crippen molar-refractivity contribution >= 4 is 0 Å². The molecule has 0 spiro atoms. The van der Waals surface area contributed by atoms with Crippen molar-refractivity contribution < 1.29 is 0 Å². The predicted molar refractivity (Wildman–Crippen MR) is 79.8 cm³/mol. The molecule has 0 heterocycles. The van der Waals surface area contributed by atoms with Crippen LogP contribution in [0.3, 0.4) is 0 Å². The van der Waals surface area contributed by atoms with E-state index in [4.69, 9.17) is 0 Å². The third-order valence-corrected chi connectivity index (χ3v) is 5.22. The van der Waals surface area contributed by atoms with Crippen molar-refractivity contribution in [3.8, 4) is 0 Å². The fourth-order valence-corrected chi connectivity index (χ4v) is 4.10.